The molecular formula is C11H12Cl2N4O2. The fraction of sp³-hybridized carbons (Fsp3) is 0.364. The van der Waals surface area contributed by atoms with Crippen molar-refractivity contribution in [3.8, 4) is 17.2 Å². The zero-order valence-electron chi connectivity index (χ0n) is 10.6. The third-order valence-corrected chi connectivity index (χ3v) is 3.02. The number of benzene rings is 1. The fourth-order valence-corrected chi connectivity index (χ4v) is 1.99. The maximum absolute atomic E-state index is 6.05. The Morgan fingerprint density at radius 3 is 2.47 bits per heavy atom. The highest BCUT2D eigenvalue weighted by Gasteiger charge is 2.18. The van der Waals surface area contributed by atoms with Gasteiger partial charge in [0.2, 0.25) is 0 Å². The summed E-state index contributed by atoms with van der Waals surface area (Å²) in [6, 6.07) is 3.33. The number of alkyl halides is 1. The van der Waals surface area contributed by atoms with Crippen molar-refractivity contribution in [1.29, 1.82) is 0 Å². The van der Waals surface area contributed by atoms with Gasteiger partial charge in [-0.25, -0.2) is 0 Å². The number of halogens is 2. The lowest BCUT2D eigenvalue weighted by atomic mass is 10.2. The Balaban J connectivity index is 2.63. The van der Waals surface area contributed by atoms with E-state index in [9.17, 15) is 0 Å². The standard InChI is InChI=1S/C11H12Cl2N4O2/c1-6(12)11-14-15-16-17(11)8-5-9(18-2)7(13)4-10(8)19-3/h4-6H,1-3H3. The average Bonchev–Trinajstić information content (AvgIpc) is 2.87. The largest absolute Gasteiger partial charge is 0.495 e. The number of methoxy groups -OCH3 is 2. The Bertz CT molecular complexity index is 586. The number of hydrogen-bond acceptors (Lipinski definition) is 5. The molecule has 1 aromatic carbocycles. The highest BCUT2D eigenvalue weighted by atomic mass is 35.5. The minimum atomic E-state index is -0.346. The molecule has 0 radical (unpaired) electrons. The molecule has 0 N–H and O–H groups in total. The van der Waals surface area contributed by atoms with Crippen molar-refractivity contribution in [1.82, 2.24) is 20.2 Å². The van der Waals surface area contributed by atoms with Gasteiger partial charge in [0, 0.05) is 12.1 Å². The van der Waals surface area contributed by atoms with Gasteiger partial charge in [0.05, 0.1) is 24.6 Å². The minimum absolute atomic E-state index is 0.346. The van der Waals surface area contributed by atoms with E-state index in [1.54, 1.807) is 19.1 Å². The summed E-state index contributed by atoms with van der Waals surface area (Å²) in [5, 5.41) is 11.5. The lowest BCUT2D eigenvalue weighted by Gasteiger charge is -2.13. The molecule has 0 spiro atoms. The van der Waals surface area contributed by atoms with Crippen LogP contribution in [-0.2, 0) is 0 Å². The van der Waals surface area contributed by atoms with Gasteiger partial charge in [-0.3, -0.25) is 0 Å². The van der Waals surface area contributed by atoms with Crippen molar-refractivity contribution in [2.45, 2.75) is 12.3 Å². The molecule has 0 amide bonds. The molecular weight excluding hydrogens is 291 g/mol. The molecule has 19 heavy (non-hydrogen) atoms. The molecule has 0 fully saturated rings. The van der Waals surface area contributed by atoms with E-state index in [0.29, 0.717) is 28.0 Å². The topological polar surface area (TPSA) is 62.1 Å². The summed E-state index contributed by atoms with van der Waals surface area (Å²) in [7, 11) is 3.07. The zero-order chi connectivity index (χ0) is 14.0. The van der Waals surface area contributed by atoms with Gasteiger partial charge in [0.25, 0.3) is 0 Å². The van der Waals surface area contributed by atoms with Gasteiger partial charge in [0.15, 0.2) is 5.82 Å². The van der Waals surface area contributed by atoms with Crippen molar-refractivity contribution in [2.75, 3.05) is 14.2 Å². The molecule has 1 atom stereocenters. The Morgan fingerprint density at radius 2 is 1.89 bits per heavy atom. The van der Waals surface area contributed by atoms with Crippen LogP contribution in [0.2, 0.25) is 5.02 Å². The smallest absolute Gasteiger partial charge is 0.174 e. The average molecular weight is 303 g/mol. The number of rotatable bonds is 4. The molecule has 0 saturated carbocycles. The van der Waals surface area contributed by atoms with Gasteiger partial charge < -0.3 is 9.47 Å². The molecule has 0 aliphatic heterocycles. The summed E-state index contributed by atoms with van der Waals surface area (Å²) in [5.74, 6) is 1.53. The van der Waals surface area contributed by atoms with E-state index in [0.717, 1.165) is 0 Å². The first-order valence-corrected chi connectivity index (χ1v) is 6.24. The summed E-state index contributed by atoms with van der Waals surface area (Å²) in [5.41, 5.74) is 0.608. The van der Waals surface area contributed by atoms with E-state index >= 15 is 0 Å². The Kier molecular flexibility index (Phi) is 4.11. The lowest BCUT2D eigenvalue weighted by molar-refractivity contribution is 0.400. The van der Waals surface area contributed by atoms with E-state index in [1.165, 1.54) is 18.9 Å². The molecule has 1 unspecified atom stereocenters. The quantitative estimate of drug-likeness (QED) is 0.813. The molecule has 0 aliphatic rings. The normalized spacial score (nSPS) is 12.3. The van der Waals surface area contributed by atoms with Crippen LogP contribution in [0.5, 0.6) is 11.5 Å². The molecule has 0 aliphatic carbocycles. The summed E-state index contributed by atoms with van der Waals surface area (Å²) < 4.78 is 12.0. The van der Waals surface area contributed by atoms with Crippen LogP contribution in [-0.4, -0.2) is 34.4 Å². The van der Waals surface area contributed by atoms with E-state index in [4.69, 9.17) is 32.7 Å². The van der Waals surface area contributed by atoms with Gasteiger partial charge in [-0.15, -0.1) is 16.7 Å². The van der Waals surface area contributed by atoms with Crippen LogP contribution in [0.4, 0.5) is 0 Å². The number of tetrazole rings is 1. The molecule has 102 valence electrons. The van der Waals surface area contributed by atoms with Crippen LogP contribution in [0, 0.1) is 0 Å². The van der Waals surface area contributed by atoms with Crippen LogP contribution in [0.15, 0.2) is 12.1 Å². The summed E-state index contributed by atoms with van der Waals surface area (Å²) in [4.78, 5) is 0. The van der Waals surface area contributed by atoms with Gasteiger partial charge >= 0.3 is 0 Å². The van der Waals surface area contributed by atoms with E-state index in [-0.39, 0.29) is 5.38 Å². The first kappa shape index (κ1) is 13.9. The highest BCUT2D eigenvalue weighted by Crippen LogP contribution is 2.35. The second kappa shape index (κ2) is 5.63. The first-order valence-electron chi connectivity index (χ1n) is 5.42. The maximum Gasteiger partial charge on any atom is 0.174 e. The Labute approximate surface area is 120 Å². The maximum atomic E-state index is 6.05. The van der Waals surface area contributed by atoms with E-state index in [2.05, 4.69) is 15.5 Å². The molecule has 2 aromatic rings. The number of nitrogens with zero attached hydrogens (tertiary/aromatic N) is 4. The van der Waals surface area contributed by atoms with Crippen molar-refractivity contribution >= 4 is 23.2 Å². The van der Waals surface area contributed by atoms with Crippen LogP contribution >= 0.6 is 23.2 Å². The van der Waals surface area contributed by atoms with E-state index < -0.39 is 0 Å². The monoisotopic (exact) mass is 302 g/mol. The molecule has 0 saturated heterocycles. The number of ether oxygens (including phenoxy) is 2. The summed E-state index contributed by atoms with van der Waals surface area (Å²) in [6.45, 7) is 1.78. The van der Waals surface area contributed by atoms with Crippen molar-refractivity contribution < 1.29 is 9.47 Å². The predicted molar refractivity (Wildman–Crippen MR) is 71.5 cm³/mol. The molecule has 2 rings (SSSR count). The SMILES string of the molecule is COc1cc(-n2nnnc2C(C)Cl)c(OC)cc1Cl. The van der Waals surface area contributed by atoms with Gasteiger partial charge in [-0.05, 0) is 17.4 Å². The second-order valence-electron chi connectivity index (χ2n) is 3.72. The van der Waals surface area contributed by atoms with Crippen LogP contribution in [0.3, 0.4) is 0 Å². The third kappa shape index (κ3) is 2.59. The Hall–Kier alpha value is -1.53. The van der Waals surface area contributed by atoms with Gasteiger partial charge in [-0.1, -0.05) is 11.6 Å². The lowest BCUT2D eigenvalue weighted by Crippen LogP contribution is -2.06. The predicted octanol–water partition coefficient (Wildman–Crippen LogP) is 2.63. The van der Waals surface area contributed by atoms with Crippen LogP contribution in [0.1, 0.15) is 18.1 Å². The van der Waals surface area contributed by atoms with E-state index in [1.807, 2.05) is 0 Å². The second-order valence-corrected chi connectivity index (χ2v) is 4.79. The Morgan fingerprint density at radius 1 is 1.21 bits per heavy atom. The molecule has 6 nitrogen and oxygen atoms in total. The molecule has 0 bridgehead atoms. The van der Waals surface area contributed by atoms with Crippen molar-refractivity contribution in [2.24, 2.45) is 0 Å². The summed E-state index contributed by atoms with van der Waals surface area (Å²) >= 11 is 12.1. The minimum Gasteiger partial charge on any atom is -0.495 e. The zero-order valence-corrected chi connectivity index (χ0v) is 12.1. The van der Waals surface area contributed by atoms with Crippen LogP contribution < -0.4 is 9.47 Å². The van der Waals surface area contributed by atoms with Gasteiger partial charge in [0.1, 0.15) is 17.2 Å². The number of hydrogen-bond donors (Lipinski definition) is 0. The summed E-state index contributed by atoms with van der Waals surface area (Å²) in [6.07, 6.45) is 0. The molecule has 1 aromatic heterocycles. The fourth-order valence-electron chi connectivity index (χ4n) is 1.62. The van der Waals surface area contributed by atoms with Crippen molar-refractivity contribution in [3.05, 3.63) is 23.0 Å². The highest BCUT2D eigenvalue weighted by molar-refractivity contribution is 6.32. The number of aromatic nitrogens is 4. The first-order chi connectivity index (χ1) is 9.08. The van der Waals surface area contributed by atoms with Crippen molar-refractivity contribution in [3.63, 3.8) is 0 Å². The van der Waals surface area contributed by atoms with Crippen LogP contribution in [0.25, 0.3) is 5.69 Å². The molecule has 8 heteroatoms. The van der Waals surface area contributed by atoms with Gasteiger partial charge in [-0.2, -0.15) is 4.68 Å². The molecule has 1 heterocycles. The third-order valence-electron chi connectivity index (χ3n) is 2.53.